The smallest absolute Gasteiger partial charge is 0.376 e. The van der Waals surface area contributed by atoms with E-state index < -0.39 is 15.6 Å². The predicted molar refractivity (Wildman–Crippen MR) is 91.7 cm³/mol. The van der Waals surface area contributed by atoms with Crippen LogP contribution in [0.25, 0.3) is 0 Å². The normalized spacial score (nSPS) is 33.2. The molecule has 4 nitrogen and oxygen atoms in total. The molecule has 4 atom stereocenters. The van der Waals surface area contributed by atoms with Crippen molar-refractivity contribution in [1.29, 1.82) is 0 Å². The van der Waals surface area contributed by atoms with Gasteiger partial charge in [0.25, 0.3) is 0 Å². The lowest BCUT2D eigenvalue weighted by atomic mass is 9.55. The summed E-state index contributed by atoms with van der Waals surface area (Å²) in [7, 11) is -5.66. The van der Waals surface area contributed by atoms with E-state index in [1.807, 2.05) is 0 Å². The van der Waals surface area contributed by atoms with Gasteiger partial charge in [-0.05, 0) is 73.1 Å². The minimum Gasteiger partial charge on any atom is -0.376 e. The van der Waals surface area contributed by atoms with Crippen LogP contribution >= 0.6 is 0 Å². The Morgan fingerprint density at radius 1 is 1.15 bits per heavy atom. The highest BCUT2D eigenvalue weighted by molar-refractivity contribution is 7.88. The molecule has 2 unspecified atom stereocenters. The molecule has 0 spiro atoms. The second-order valence-electron chi connectivity index (χ2n) is 8.18. The van der Waals surface area contributed by atoms with Gasteiger partial charge in [0.2, 0.25) is 0 Å². The van der Waals surface area contributed by atoms with Gasteiger partial charge >= 0.3 is 15.6 Å². The van der Waals surface area contributed by atoms with Gasteiger partial charge < -0.3 is 4.18 Å². The van der Waals surface area contributed by atoms with Gasteiger partial charge in [0.1, 0.15) is 11.5 Å². The van der Waals surface area contributed by atoms with Crippen LogP contribution in [0.3, 0.4) is 0 Å². The maximum absolute atomic E-state index is 12.5. The molecule has 148 valence electrons. The fourth-order valence-electron chi connectivity index (χ4n) is 5.56. The molecule has 0 bridgehead atoms. The Hall–Kier alpha value is -1.57. The fraction of sp³-hybridized carbons (Fsp3) is 0.632. The highest BCUT2D eigenvalue weighted by Crippen LogP contribution is 2.59. The van der Waals surface area contributed by atoms with E-state index in [9.17, 15) is 26.4 Å². The first-order valence-electron chi connectivity index (χ1n) is 9.20. The molecule has 0 aliphatic heterocycles. The number of aryl methyl sites for hydroxylation is 1. The summed E-state index contributed by atoms with van der Waals surface area (Å²) in [5.41, 5.74) is -3.78. The zero-order chi connectivity index (χ0) is 19.6. The van der Waals surface area contributed by atoms with Crippen LogP contribution in [0, 0.1) is 17.3 Å². The van der Waals surface area contributed by atoms with Crippen LogP contribution in [0.15, 0.2) is 18.2 Å². The summed E-state index contributed by atoms with van der Waals surface area (Å²) < 4.78 is 64.3. The summed E-state index contributed by atoms with van der Waals surface area (Å²) in [6, 6.07) is 4.42. The Kier molecular flexibility index (Phi) is 4.15. The molecule has 2 saturated carbocycles. The number of hydrogen-bond donors (Lipinski definition) is 0. The van der Waals surface area contributed by atoms with Crippen molar-refractivity contribution in [3.63, 3.8) is 0 Å². The van der Waals surface area contributed by atoms with E-state index in [1.165, 1.54) is 12.1 Å². The first-order valence-corrected chi connectivity index (χ1v) is 10.6. The molecule has 3 aliphatic carbocycles. The molecule has 0 amide bonds. The van der Waals surface area contributed by atoms with Crippen molar-refractivity contribution in [2.45, 2.75) is 56.9 Å². The first-order chi connectivity index (χ1) is 12.5. The monoisotopic (exact) mass is 402 g/mol. The Bertz CT molecular complexity index is 893. The van der Waals surface area contributed by atoms with E-state index in [0.717, 1.165) is 36.8 Å². The number of fused-ring (bicyclic) bond motifs is 5. The summed E-state index contributed by atoms with van der Waals surface area (Å²) in [4.78, 5) is 12.3. The number of halogens is 3. The van der Waals surface area contributed by atoms with Gasteiger partial charge in [-0.1, -0.05) is 13.0 Å². The molecular formula is C19H21F3O4S. The second kappa shape index (κ2) is 5.96. The number of ketones is 1. The predicted octanol–water partition coefficient (Wildman–Crippen LogP) is 4.34. The molecular weight excluding hydrogens is 381 g/mol. The molecule has 27 heavy (non-hydrogen) atoms. The van der Waals surface area contributed by atoms with Crippen molar-refractivity contribution in [2.75, 3.05) is 0 Å². The van der Waals surface area contributed by atoms with Gasteiger partial charge in [0, 0.05) is 11.8 Å². The lowest BCUT2D eigenvalue weighted by Crippen LogP contribution is -2.42. The Labute approximate surface area is 156 Å². The zero-order valence-electron chi connectivity index (χ0n) is 14.9. The van der Waals surface area contributed by atoms with Crippen molar-refractivity contribution in [2.24, 2.45) is 17.3 Å². The quantitative estimate of drug-likeness (QED) is 0.545. The third-order valence-electron chi connectivity index (χ3n) is 6.90. The Balaban J connectivity index is 1.61. The van der Waals surface area contributed by atoms with Gasteiger partial charge in [0.05, 0.1) is 0 Å². The standard InChI is InChI=1S/C19H21F3O4S/c1-18-9-8-14-13-5-3-12(26-27(24,25)19(20,21)22)10-11(13)2-4-15(14)16(18)6-7-17(18)23/h3,5,10,14-16H,2,4,6-9H2,1H3/t14?,15-,16?,18+/m1/s1. The molecule has 3 aliphatic rings. The van der Waals surface area contributed by atoms with Crippen LogP contribution in [0.1, 0.15) is 56.1 Å². The van der Waals surface area contributed by atoms with E-state index in [2.05, 4.69) is 11.1 Å². The Morgan fingerprint density at radius 2 is 1.89 bits per heavy atom. The van der Waals surface area contributed by atoms with Crippen LogP contribution in [-0.2, 0) is 21.3 Å². The van der Waals surface area contributed by atoms with Crippen molar-refractivity contribution < 1.29 is 30.6 Å². The minimum atomic E-state index is -5.66. The Morgan fingerprint density at radius 3 is 2.59 bits per heavy atom. The maximum Gasteiger partial charge on any atom is 0.534 e. The largest absolute Gasteiger partial charge is 0.534 e. The topological polar surface area (TPSA) is 60.4 Å². The number of carbonyl (C=O) groups is 1. The maximum atomic E-state index is 12.5. The summed E-state index contributed by atoms with van der Waals surface area (Å²) in [6.07, 6.45) is 4.77. The molecule has 0 aromatic heterocycles. The second-order valence-corrected chi connectivity index (χ2v) is 9.72. The molecule has 0 N–H and O–H groups in total. The first kappa shape index (κ1) is 18.8. The molecule has 2 fully saturated rings. The number of carbonyl (C=O) groups excluding carboxylic acids is 1. The molecule has 0 saturated heterocycles. The number of Topliss-reactive ketones (excluding diaryl/α,β-unsaturated/α-hetero) is 1. The van der Waals surface area contributed by atoms with Crippen LogP contribution < -0.4 is 4.18 Å². The number of hydrogen-bond acceptors (Lipinski definition) is 4. The highest BCUT2D eigenvalue weighted by atomic mass is 32.2. The van der Waals surface area contributed by atoms with Crippen molar-refractivity contribution in [3.8, 4) is 5.75 Å². The molecule has 0 heterocycles. The van der Waals surface area contributed by atoms with Gasteiger partial charge in [-0.25, -0.2) is 0 Å². The third-order valence-corrected chi connectivity index (χ3v) is 7.88. The van der Waals surface area contributed by atoms with Crippen LogP contribution in [-0.4, -0.2) is 19.7 Å². The molecule has 1 aromatic rings. The van der Waals surface area contributed by atoms with Gasteiger partial charge in [-0.3, -0.25) is 4.79 Å². The van der Waals surface area contributed by atoms with Crippen molar-refractivity contribution >= 4 is 15.9 Å². The SMILES string of the molecule is C[C@]12CCC3c4ccc(OS(=O)(=O)C(F)(F)F)cc4CC[C@H]3C1CCC2=O. The van der Waals surface area contributed by atoms with E-state index in [0.29, 0.717) is 30.5 Å². The van der Waals surface area contributed by atoms with Gasteiger partial charge in [-0.2, -0.15) is 21.6 Å². The number of benzene rings is 1. The molecule has 0 radical (unpaired) electrons. The van der Waals surface area contributed by atoms with E-state index in [1.54, 1.807) is 6.07 Å². The lowest BCUT2D eigenvalue weighted by Gasteiger charge is -2.48. The lowest BCUT2D eigenvalue weighted by molar-refractivity contribution is -0.129. The van der Waals surface area contributed by atoms with Crippen LogP contribution in [0.4, 0.5) is 13.2 Å². The zero-order valence-corrected chi connectivity index (χ0v) is 15.7. The molecule has 4 rings (SSSR count). The van der Waals surface area contributed by atoms with Crippen LogP contribution in [0.2, 0.25) is 0 Å². The van der Waals surface area contributed by atoms with E-state index in [-0.39, 0.29) is 17.1 Å². The third kappa shape index (κ3) is 2.87. The van der Waals surface area contributed by atoms with Crippen molar-refractivity contribution in [3.05, 3.63) is 29.3 Å². The van der Waals surface area contributed by atoms with Crippen molar-refractivity contribution in [1.82, 2.24) is 0 Å². The summed E-state index contributed by atoms with van der Waals surface area (Å²) in [5, 5.41) is 0. The number of rotatable bonds is 2. The van der Waals surface area contributed by atoms with E-state index in [4.69, 9.17) is 0 Å². The molecule has 1 aromatic carbocycles. The summed E-state index contributed by atoms with van der Waals surface area (Å²) in [6.45, 7) is 2.08. The van der Waals surface area contributed by atoms with E-state index >= 15 is 0 Å². The van der Waals surface area contributed by atoms with Gasteiger partial charge in [-0.15, -0.1) is 0 Å². The fourth-order valence-corrected chi connectivity index (χ4v) is 6.01. The number of alkyl halides is 3. The summed E-state index contributed by atoms with van der Waals surface area (Å²) in [5.74, 6) is 1.08. The average molecular weight is 402 g/mol. The summed E-state index contributed by atoms with van der Waals surface area (Å²) >= 11 is 0. The van der Waals surface area contributed by atoms with Gasteiger partial charge in [0.15, 0.2) is 0 Å². The average Bonchev–Trinajstić information content (AvgIpc) is 2.88. The highest BCUT2D eigenvalue weighted by Gasteiger charge is 2.54. The minimum absolute atomic E-state index is 0.234. The van der Waals surface area contributed by atoms with Crippen LogP contribution in [0.5, 0.6) is 5.75 Å². The molecule has 8 heteroatoms.